The fraction of sp³-hybridized carbons (Fsp3) is 0.261. The molecule has 3 rings (SSSR count). The molecular weight excluding hydrogens is 396 g/mol. The van der Waals surface area contributed by atoms with Crippen molar-refractivity contribution >= 4 is 15.7 Å². The number of hydrogen-bond donors (Lipinski definition) is 1. The fourth-order valence-electron chi connectivity index (χ4n) is 3.24. The second-order valence-electron chi connectivity index (χ2n) is 7.15. The molecule has 0 aliphatic rings. The van der Waals surface area contributed by atoms with Crippen molar-refractivity contribution in [3.63, 3.8) is 0 Å². The molecule has 0 saturated carbocycles. The van der Waals surface area contributed by atoms with Gasteiger partial charge in [-0.2, -0.15) is 0 Å². The molecule has 7 heteroatoms. The summed E-state index contributed by atoms with van der Waals surface area (Å²) in [6.07, 6.45) is 5.03. The van der Waals surface area contributed by atoms with Crippen LogP contribution in [-0.4, -0.2) is 29.6 Å². The van der Waals surface area contributed by atoms with E-state index in [4.69, 9.17) is 0 Å². The SMILES string of the molecule is CCc1ncnc(-c2c(C)cccc2C)c1C#Cc1cnc(C)c(NS(C)(=O)=O)c1. The summed E-state index contributed by atoms with van der Waals surface area (Å²) in [7, 11) is -3.40. The van der Waals surface area contributed by atoms with Crippen LogP contribution in [0, 0.1) is 32.6 Å². The van der Waals surface area contributed by atoms with Crippen LogP contribution in [0.15, 0.2) is 36.8 Å². The van der Waals surface area contributed by atoms with Crippen LogP contribution in [0.5, 0.6) is 0 Å². The summed E-state index contributed by atoms with van der Waals surface area (Å²) in [5, 5.41) is 0. The first-order chi connectivity index (χ1) is 14.2. The maximum absolute atomic E-state index is 11.6. The first-order valence-corrected chi connectivity index (χ1v) is 11.5. The Kier molecular flexibility index (Phi) is 6.18. The lowest BCUT2D eigenvalue weighted by molar-refractivity contribution is 0.606. The van der Waals surface area contributed by atoms with Crippen LogP contribution >= 0.6 is 0 Å². The highest BCUT2D eigenvalue weighted by Gasteiger charge is 2.14. The molecule has 0 bridgehead atoms. The van der Waals surface area contributed by atoms with Gasteiger partial charge in [-0.1, -0.05) is 37.0 Å². The van der Waals surface area contributed by atoms with E-state index in [0.29, 0.717) is 16.9 Å². The highest BCUT2D eigenvalue weighted by Crippen LogP contribution is 2.29. The lowest BCUT2D eigenvalue weighted by Gasteiger charge is -2.12. The van der Waals surface area contributed by atoms with Crippen LogP contribution in [-0.2, 0) is 16.4 Å². The minimum absolute atomic E-state index is 0.416. The molecule has 0 atom stereocenters. The van der Waals surface area contributed by atoms with Crippen molar-refractivity contribution in [3.8, 4) is 23.1 Å². The summed E-state index contributed by atoms with van der Waals surface area (Å²) in [5.74, 6) is 6.33. The molecular formula is C23H24N4O2S. The van der Waals surface area contributed by atoms with E-state index in [1.54, 1.807) is 25.5 Å². The topological polar surface area (TPSA) is 84.8 Å². The number of anilines is 1. The quantitative estimate of drug-likeness (QED) is 0.649. The molecule has 1 aromatic carbocycles. The summed E-state index contributed by atoms with van der Waals surface area (Å²) in [6.45, 7) is 7.88. The molecule has 0 radical (unpaired) electrons. The molecule has 0 amide bonds. The molecule has 0 unspecified atom stereocenters. The van der Waals surface area contributed by atoms with Crippen molar-refractivity contribution in [1.29, 1.82) is 0 Å². The molecule has 30 heavy (non-hydrogen) atoms. The number of aromatic nitrogens is 3. The van der Waals surface area contributed by atoms with Crippen LogP contribution in [0.4, 0.5) is 5.69 Å². The van der Waals surface area contributed by atoms with Gasteiger partial charge in [0.1, 0.15) is 6.33 Å². The predicted molar refractivity (Wildman–Crippen MR) is 120 cm³/mol. The van der Waals surface area contributed by atoms with Crippen molar-refractivity contribution in [3.05, 3.63) is 70.4 Å². The van der Waals surface area contributed by atoms with Gasteiger partial charge in [-0.15, -0.1) is 0 Å². The fourth-order valence-corrected chi connectivity index (χ4v) is 3.84. The average molecular weight is 421 g/mol. The second kappa shape index (κ2) is 8.64. The number of aryl methyl sites for hydroxylation is 4. The number of rotatable bonds is 4. The molecule has 0 spiro atoms. The van der Waals surface area contributed by atoms with Crippen LogP contribution < -0.4 is 4.72 Å². The van der Waals surface area contributed by atoms with E-state index >= 15 is 0 Å². The van der Waals surface area contributed by atoms with E-state index in [1.165, 1.54) is 0 Å². The van der Waals surface area contributed by atoms with Gasteiger partial charge < -0.3 is 0 Å². The van der Waals surface area contributed by atoms with Gasteiger partial charge in [-0.25, -0.2) is 18.4 Å². The molecule has 3 aromatic rings. The number of nitrogens with zero attached hydrogens (tertiary/aromatic N) is 3. The Labute approximate surface area is 177 Å². The normalized spacial score (nSPS) is 11.0. The highest BCUT2D eigenvalue weighted by atomic mass is 32.2. The monoisotopic (exact) mass is 420 g/mol. The Balaban J connectivity index is 2.14. The summed E-state index contributed by atoms with van der Waals surface area (Å²) in [6, 6.07) is 7.82. The van der Waals surface area contributed by atoms with Gasteiger partial charge in [-0.05, 0) is 44.4 Å². The van der Waals surface area contributed by atoms with E-state index in [2.05, 4.69) is 57.5 Å². The Hall–Kier alpha value is -3.24. The maximum Gasteiger partial charge on any atom is 0.229 e. The average Bonchev–Trinajstić information content (AvgIpc) is 2.67. The van der Waals surface area contributed by atoms with Crippen LogP contribution in [0.1, 0.15) is 40.6 Å². The lowest BCUT2D eigenvalue weighted by Crippen LogP contribution is -2.11. The molecule has 6 nitrogen and oxygen atoms in total. The number of nitrogens with one attached hydrogen (secondary N) is 1. The third kappa shape index (κ3) is 4.84. The Morgan fingerprint density at radius 3 is 2.37 bits per heavy atom. The summed E-state index contributed by atoms with van der Waals surface area (Å²) in [5.41, 5.74) is 7.34. The molecule has 0 fully saturated rings. The largest absolute Gasteiger partial charge is 0.282 e. The van der Waals surface area contributed by atoms with E-state index in [0.717, 1.165) is 46.3 Å². The van der Waals surface area contributed by atoms with E-state index < -0.39 is 10.0 Å². The maximum atomic E-state index is 11.6. The van der Waals surface area contributed by atoms with Gasteiger partial charge in [0.15, 0.2) is 0 Å². The van der Waals surface area contributed by atoms with Crippen molar-refractivity contribution in [1.82, 2.24) is 15.0 Å². The minimum atomic E-state index is -3.40. The van der Waals surface area contributed by atoms with Gasteiger partial charge in [0.25, 0.3) is 0 Å². The van der Waals surface area contributed by atoms with Crippen molar-refractivity contribution in [2.75, 3.05) is 11.0 Å². The van der Waals surface area contributed by atoms with Crippen LogP contribution in [0.2, 0.25) is 0 Å². The number of benzene rings is 1. The van der Waals surface area contributed by atoms with Crippen molar-refractivity contribution < 1.29 is 8.42 Å². The zero-order valence-corrected chi connectivity index (χ0v) is 18.6. The van der Waals surface area contributed by atoms with Gasteiger partial charge in [0.2, 0.25) is 10.0 Å². The molecule has 1 N–H and O–H groups in total. The van der Waals surface area contributed by atoms with Gasteiger partial charge in [-0.3, -0.25) is 9.71 Å². The van der Waals surface area contributed by atoms with E-state index in [-0.39, 0.29) is 0 Å². The third-order valence-electron chi connectivity index (χ3n) is 4.69. The first kappa shape index (κ1) is 21.5. The summed E-state index contributed by atoms with van der Waals surface area (Å²) in [4.78, 5) is 13.2. The Morgan fingerprint density at radius 1 is 1.03 bits per heavy atom. The molecule has 0 aliphatic carbocycles. The number of hydrogen-bond acceptors (Lipinski definition) is 5. The molecule has 0 aliphatic heterocycles. The Bertz CT molecular complexity index is 1250. The van der Waals surface area contributed by atoms with Gasteiger partial charge >= 0.3 is 0 Å². The van der Waals surface area contributed by atoms with Crippen LogP contribution in [0.3, 0.4) is 0 Å². The molecule has 2 aromatic heterocycles. The summed E-state index contributed by atoms with van der Waals surface area (Å²) >= 11 is 0. The molecule has 154 valence electrons. The van der Waals surface area contributed by atoms with E-state index in [9.17, 15) is 8.42 Å². The number of sulfonamides is 1. The van der Waals surface area contributed by atoms with Crippen molar-refractivity contribution in [2.45, 2.75) is 34.1 Å². The first-order valence-electron chi connectivity index (χ1n) is 9.56. The predicted octanol–water partition coefficient (Wildman–Crippen LogP) is 3.80. The third-order valence-corrected chi connectivity index (χ3v) is 5.28. The van der Waals surface area contributed by atoms with Gasteiger partial charge in [0, 0.05) is 17.3 Å². The standard InChI is InChI=1S/C23H24N4O2S/c1-6-20-19(23(26-14-25-20)22-15(2)8-7-9-16(22)3)11-10-18-12-21(17(4)24-13-18)27-30(5,28)29/h7-9,12-14,27H,6H2,1-5H3. The summed E-state index contributed by atoms with van der Waals surface area (Å²) < 4.78 is 25.7. The molecule has 2 heterocycles. The van der Waals surface area contributed by atoms with E-state index in [1.807, 2.05) is 13.0 Å². The van der Waals surface area contributed by atoms with Crippen LogP contribution in [0.25, 0.3) is 11.3 Å². The zero-order valence-electron chi connectivity index (χ0n) is 17.7. The zero-order chi connectivity index (χ0) is 21.9. The Morgan fingerprint density at radius 2 is 1.73 bits per heavy atom. The molecule has 0 saturated heterocycles. The lowest BCUT2D eigenvalue weighted by atomic mass is 9.95. The van der Waals surface area contributed by atoms with Gasteiger partial charge in [0.05, 0.1) is 34.6 Å². The number of pyridine rings is 1. The smallest absolute Gasteiger partial charge is 0.229 e. The minimum Gasteiger partial charge on any atom is -0.282 e. The highest BCUT2D eigenvalue weighted by molar-refractivity contribution is 7.92. The van der Waals surface area contributed by atoms with Crippen molar-refractivity contribution in [2.24, 2.45) is 0 Å². The second-order valence-corrected chi connectivity index (χ2v) is 8.89.